The summed E-state index contributed by atoms with van der Waals surface area (Å²) >= 11 is 0. The molecule has 0 saturated heterocycles. The summed E-state index contributed by atoms with van der Waals surface area (Å²) in [7, 11) is 0. The van der Waals surface area contributed by atoms with Crippen LogP contribution in [0.5, 0.6) is 0 Å². The van der Waals surface area contributed by atoms with Crippen molar-refractivity contribution in [1.29, 1.82) is 0 Å². The fourth-order valence-corrected chi connectivity index (χ4v) is 2.01. The van der Waals surface area contributed by atoms with E-state index < -0.39 is 5.54 Å². The van der Waals surface area contributed by atoms with E-state index in [4.69, 9.17) is 5.73 Å². The summed E-state index contributed by atoms with van der Waals surface area (Å²) in [4.78, 5) is 4.53. The molecule has 0 bridgehead atoms. The van der Waals surface area contributed by atoms with Crippen LogP contribution in [0.25, 0.3) is 5.69 Å². The first kappa shape index (κ1) is 17.6. The highest BCUT2D eigenvalue weighted by Gasteiger charge is 2.24. The van der Waals surface area contributed by atoms with Crippen molar-refractivity contribution in [2.45, 2.75) is 39.7 Å². The number of rotatable bonds is 4. The molecule has 0 aliphatic heterocycles. The molecule has 0 spiro atoms. The summed E-state index contributed by atoms with van der Waals surface area (Å²) in [5.41, 5.74) is 6.16. The van der Waals surface area contributed by atoms with E-state index in [0.29, 0.717) is 17.4 Å². The molecular weight excluding hydrogens is 291 g/mol. The van der Waals surface area contributed by atoms with Crippen molar-refractivity contribution in [3.63, 3.8) is 0 Å². The average Bonchev–Trinajstić information content (AvgIpc) is 2.71. The van der Waals surface area contributed by atoms with Gasteiger partial charge in [-0.25, -0.2) is 14.1 Å². The molecule has 1 aromatic carbocycles. The molecule has 0 radical (unpaired) electrons. The zero-order chi connectivity index (χ0) is 14.9. The van der Waals surface area contributed by atoms with Gasteiger partial charge in [-0.3, -0.25) is 0 Å². The summed E-state index contributed by atoms with van der Waals surface area (Å²) in [6, 6.07) is 6.29. The van der Waals surface area contributed by atoms with Gasteiger partial charge in [0.25, 0.3) is 0 Å². The van der Waals surface area contributed by atoms with Crippen LogP contribution < -0.4 is 5.73 Å². The Bertz CT molecular complexity index is 602. The number of hydrogen-bond donors (Lipinski definition) is 1. The van der Waals surface area contributed by atoms with E-state index >= 15 is 0 Å². The molecule has 0 fully saturated rings. The van der Waals surface area contributed by atoms with Crippen molar-refractivity contribution in [2.24, 2.45) is 11.7 Å². The molecule has 0 atom stereocenters. The number of hydrogen-bond acceptors (Lipinski definition) is 3. The van der Waals surface area contributed by atoms with Gasteiger partial charge >= 0.3 is 0 Å². The zero-order valence-electron chi connectivity index (χ0n) is 12.8. The number of nitrogens with two attached hydrogens (primary N) is 1. The molecule has 0 saturated carbocycles. The lowest BCUT2D eigenvalue weighted by Gasteiger charge is -2.18. The minimum Gasteiger partial charge on any atom is -0.319 e. The van der Waals surface area contributed by atoms with Crippen LogP contribution in [0.2, 0.25) is 0 Å². The Morgan fingerprint density at radius 1 is 1.33 bits per heavy atom. The Labute approximate surface area is 131 Å². The minimum atomic E-state index is -0.644. The predicted octanol–water partition coefficient (Wildman–Crippen LogP) is 3.22. The molecule has 116 valence electrons. The minimum absolute atomic E-state index is 0. The molecule has 0 amide bonds. The summed E-state index contributed by atoms with van der Waals surface area (Å²) < 4.78 is 15.0. The van der Waals surface area contributed by atoms with Gasteiger partial charge in [0.2, 0.25) is 0 Å². The summed E-state index contributed by atoms with van der Waals surface area (Å²) in [6.45, 7) is 7.95. The maximum Gasteiger partial charge on any atom is 0.152 e. The van der Waals surface area contributed by atoms with Crippen molar-refractivity contribution in [2.75, 3.05) is 0 Å². The van der Waals surface area contributed by atoms with Crippen molar-refractivity contribution in [3.8, 4) is 5.69 Å². The lowest BCUT2D eigenvalue weighted by molar-refractivity contribution is 0.496. The third-order valence-electron chi connectivity index (χ3n) is 2.87. The normalized spacial score (nSPS) is 11.6. The Morgan fingerprint density at radius 2 is 2.00 bits per heavy atom. The second-order valence-electron chi connectivity index (χ2n) is 6.06. The molecular formula is C15H22ClFN4. The van der Waals surface area contributed by atoms with Crippen LogP contribution in [0, 0.1) is 11.7 Å². The molecule has 2 rings (SSSR count). The molecule has 0 aliphatic rings. The first-order valence-electron chi connectivity index (χ1n) is 6.78. The predicted molar refractivity (Wildman–Crippen MR) is 84.3 cm³/mol. The third kappa shape index (κ3) is 4.25. The van der Waals surface area contributed by atoms with Crippen molar-refractivity contribution in [3.05, 3.63) is 41.7 Å². The van der Waals surface area contributed by atoms with E-state index in [0.717, 1.165) is 12.2 Å². The maximum atomic E-state index is 13.4. The topological polar surface area (TPSA) is 56.7 Å². The summed E-state index contributed by atoms with van der Waals surface area (Å²) in [5.74, 6) is 1.52. The van der Waals surface area contributed by atoms with Crippen LogP contribution in [0.3, 0.4) is 0 Å². The highest BCUT2D eigenvalue weighted by Crippen LogP contribution is 2.20. The van der Waals surface area contributed by atoms with Gasteiger partial charge in [0.15, 0.2) is 11.6 Å². The summed E-state index contributed by atoms with van der Waals surface area (Å²) in [5, 5.41) is 4.49. The first-order chi connectivity index (χ1) is 9.27. The summed E-state index contributed by atoms with van der Waals surface area (Å²) in [6.07, 6.45) is 0.769. The van der Waals surface area contributed by atoms with Gasteiger partial charge in [-0.05, 0) is 38.0 Å². The monoisotopic (exact) mass is 312 g/mol. The van der Waals surface area contributed by atoms with E-state index in [1.807, 2.05) is 13.8 Å². The Morgan fingerprint density at radius 3 is 2.52 bits per heavy atom. The van der Waals surface area contributed by atoms with Gasteiger partial charge in [-0.15, -0.1) is 12.4 Å². The van der Waals surface area contributed by atoms with Gasteiger partial charge in [0.05, 0.1) is 11.2 Å². The molecule has 2 aromatic rings. The molecule has 0 aliphatic carbocycles. The molecule has 1 heterocycles. The first-order valence-corrected chi connectivity index (χ1v) is 6.78. The van der Waals surface area contributed by atoms with Gasteiger partial charge in [-0.2, -0.15) is 5.10 Å². The van der Waals surface area contributed by atoms with E-state index in [1.165, 1.54) is 12.1 Å². The molecule has 4 nitrogen and oxygen atoms in total. The van der Waals surface area contributed by atoms with E-state index in [9.17, 15) is 4.39 Å². The van der Waals surface area contributed by atoms with Gasteiger partial charge < -0.3 is 5.73 Å². The highest BCUT2D eigenvalue weighted by atomic mass is 35.5. The molecule has 0 unspecified atom stereocenters. The van der Waals surface area contributed by atoms with E-state index in [2.05, 4.69) is 23.9 Å². The molecule has 2 N–H and O–H groups in total. The lowest BCUT2D eigenvalue weighted by atomic mass is 10.1. The Kier molecular flexibility index (Phi) is 5.48. The Hall–Kier alpha value is -1.46. The number of benzene rings is 1. The average molecular weight is 313 g/mol. The van der Waals surface area contributed by atoms with Crippen LogP contribution in [-0.4, -0.2) is 14.8 Å². The smallest absolute Gasteiger partial charge is 0.152 e. The van der Waals surface area contributed by atoms with Crippen LogP contribution >= 0.6 is 12.4 Å². The van der Waals surface area contributed by atoms with Gasteiger partial charge in [0, 0.05) is 6.42 Å². The van der Waals surface area contributed by atoms with Crippen LogP contribution in [0.1, 0.15) is 39.3 Å². The van der Waals surface area contributed by atoms with Crippen LogP contribution in [-0.2, 0) is 12.0 Å². The quantitative estimate of drug-likeness (QED) is 0.943. The van der Waals surface area contributed by atoms with E-state index in [-0.39, 0.29) is 18.2 Å². The second kappa shape index (κ2) is 6.54. The third-order valence-corrected chi connectivity index (χ3v) is 2.87. The fraction of sp³-hybridized carbons (Fsp3) is 0.467. The fourth-order valence-electron chi connectivity index (χ4n) is 2.01. The van der Waals surface area contributed by atoms with E-state index in [1.54, 1.807) is 16.8 Å². The van der Waals surface area contributed by atoms with Crippen molar-refractivity contribution in [1.82, 2.24) is 14.8 Å². The largest absolute Gasteiger partial charge is 0.319 e. The standard InChI is InChI=1S/C15H21FN4.ClH/c1-10(2)8-13-18-14(15(3,4)17)20(19-13)12-7-5-6-11(16)9-12;/h5-7,9-10H,8,17H2,1-4H3;1H. The second-order valence-corrected chi connectivity index (χ2v) is 6.06. The van der Waals surface area contributed by atoms with Crippen molar-refractivity contribution < 1.29 is 4.39 Å². The van der Waals surface area contributed by atoms with Crippen molar-refractivity contribution >= 4 is 12.4 Å². The SMILES string of the molecule is CC(C)Cc1nc(C(C)(C)N)n(-c2cccc(F)c2)n1.Cl. The van der Waals surface area contributed by atoms with Crippen LogP contribution in [0.15, 0.2) is 24.3 Å². The molecule has 21 heavy (non-hydrogen) atoms. The van der Waals surface area contributed by atoms with Crippen LogP contribution in [0.4, 0.5) is 4.39 Å². The van der Waals surface area contributed by atoms with Gasteiger partial charge in [0.1, 0.15) is 5.82 Å². The number of aromatic nitrogens is 3. The molecule has 6 heteroatoms. The number of nitrogens with zero attached hydrogens (tertiary/aromatic N) is 3. The number of halogens is 2. The molecule has 1 aromatic heterocycles. The lowest BCUT2D eigenvalue weighted by Crippen LogP contribution is -2.32. The highest BCUT2D eigenvalue weighted by molar-refractivity contribution is 5.85. The zero-order valence-corrected chi connectivity index (χ0v) is 13.6. The maximum absolute atomic E-state index is 13.4. The Balaban J connectivity index is 0.00000220. The van der Waals surface area contributed by atoms with Gasteiger partial charge in [-0.1, -0.05) is 19.9 Å².